The fourth-order valence-corrected chi connectivity index (χ4v) is 3.18. The summed E-state index contributed by atoms with van der Waals surface area (Å²) in [4.78, 5) is 13.7. The van der Waals surface area contributed by atoms with E-state index in [4.69, 9.17) is 4.98 Å². The van der Waals surface area contributed by atoms with Gasteiger partial charge in [-0.3, -0.25) is 4.98 Å². The predicted molar refractivity (Wildman–Crippen MR) is 105 cm³/mol. The van der Waals surface area contributed by atoms with Crippen molar-refractivity contribution in [2.24, 2.45) is 0 Å². The molecule has 0 aliphatic heterocycles. The number of hydrogen-bond acceptors (Lipinski definition) is 6. The van der Waals surface area contributed by atoms with Gasteiger partial charge < -0.3 is 15.7 Å². The number of pyridine rings is 1. The normalized spacial score (nSPS) is 20.0. The van der Waals surface area contributed by atoms with E-state index in [-0.39, 0.29) is 6.10 Å². The molecule has 1 aliphatic carbocycles. The molecule has 0 unspecified atom stereocenters. The number of aromatic nitrogens is 3. The molecule has 26 heavy (non-hydrogen) atoms. The van der Waals surface area contributed by atoms with Gasteiger partial charge >= 0.3 is 0 Å². The molecule has 2 heterocycles. The molecule has 1 fully saturated rings. The molecule has 6 nitrogen and oxygen atoms in total. The molecule has 0 saturated heterocycles. The van der Waals surface area contributed by atoms with Gasteiger partial charge in [-0.05, 0) is 50.7 Å². The van der Waals surface area contributed by atoms with Crippen molar-refractivity contribution in [3.63, 3.8) is 0 Å². The number of aliphatic hydroxyl groups excluding tert-OH is 1. The molecule has 3 N–H and O–H groups in total. The van der Waals surface area contributed by atoms with Gasteiger partial charge in [0.1, 0.15) is 5.82 Å². The molecular formula is C20H29N5O. The van der Waals surface area contributed by atoms with Crippen LogP contribution in [0.4, 0.5) is 11.8 Å². The number of rotatable bonds is 7. The summed E-state index contributed by atoms with van der Waals surface area (Å²) in [6.07, 6.45) is 9.34. The smallest absolute Gasteiger partial charge is 0.224 e. The zero-order valence-corrected chi connectivity index (χ0v) is 15.7. The van der Waals surface area contributed by atoms with Crippen LogP contribution in [0, 0.1) is 6.92 Å². The zero-order chi connectivity index (χ0) is 18.4. The average molecular weight is 355 g/mol. The minimum Gasteiger partial charge on any atom is -0.393 e. The van der Waals surface area contributed by atoms with E-state index in [1.807, 2.05) is 25.4 Å². The standard InChI is InChI=1S/C20H29N5O/c1-3-4-11-21-20-23-13-17(18-10-5-14(2)12-22-18)19(25-20)24-15-6-8-16(26)9-7-15/h5,10,12-13,15-16,26H,3-4,6-9,11H2,1-2H3,(H2,21,23,24,25). The first-order valence-electron chi connectivity index (χ1n) is 9.64. The summed E-state index contributed by atoms with van der Waals surface area (Å²) in [7, 11) is 0. The molecule has 1 saturated carbocycles. The Bertz CT molecular complexity index is 696. The quantitative estimate of drug-likeness (QED) is 0.656. The van der Waals surface area contributed by atoms with Gasteiger partial charge in [0.05, 0.1) is 17.4 Å². The molecule has 0 bridgehead atoms. The lowest BCUT2D eigenvalue weighted by atomic mass is 9.93. The van der Waals surface area contributed by atoms with E-state index < -0.39 is 0 Å². The summed E-state index contributed by atoms with van der Waals surface area (Å²) >= 11 is 0. The maximum atomic E-state index is 9.74. The fourth-order valence-electron chi connectivity index (χ4n) is 3.18. The van der Waals surface area contributed by atoms with E-state index >= 15 is 0 Å². The number of anilines is 2. The molecular weight excluding hydrogens is 326 g/mol. The Morgan fingerprint density at radius 2 is 1.92 bits per heavy atom. The average Bonchev–Trinajstić information content (AvgIpc) is 2.65. The van der Waals surface area contributed by atoms with Crippen molar-refractivity contribution in [3.8, 4) is 11.3 Å². The van der Waals surface area contributed by atoms with Crippen LogP contribution in [-0.4, -0.2) is 38.7 Å². The van der Waals surface area contributed by atoms with E-state index in [0.29, 0.717) is 12.0 Å². The number of nitrogens with one attached hydrogen (secondary N) is 2. The van der Waals surface area contributed by atoms with Crippen LogP contribution < -0.4 is 10.6 Å². The summed E-state index contributed by atoms with van der Waals surface area (Å²) in [5.74, 6) is 1.46. The van der Waals surface area contributed by atoms with Crippen LogP contribution in [0.2, 0.25) is 0 Å². The van der Waals surface area contributed by atoms with Crippen molar-refractivity contribution in [2.45, 2.75) is 64.5 Å². The van der Waals surface area contributed by atoms with Crippen LogP contribution in [0.3, 0.4) is 0 Å². The van der Waals surface area contributed by atoms with Gasteiger partial charge in [0.15, 0.2) is 0 Å². The summed E-state index contributed by atoms with van der Waals surface area (Å²) in [5, 5.41) is 16.6. The number of nitrogens with zero attached hydrogens (tertiary/aromatic N) is 3. The Morgan fingerprint density at radius 1 is 1.12 bits per heavy atom. The molecule has 0 atom stereocenters. The van der Waals surface area contributed by atoms with Crippen LogP contribution in [0.1, 0.15) is 51.0 Å². The van der Waals surface area contributed by atoms with E-state index in [1.54, 1.807) is 0 Å². The molecule has 140 valence electrons. The van der Waals surface area contributed by atoms with Gasteiger partial charge in [0.25, 0.3) is 0 Å². The Kier molecular flexibility index (Phi) is 6.39. The highest BCUT2D eigenvalue weighted by Gasteiger charge is 2.21. The van der Waals surface area contributed by atoms with Gasteiger partial charge in [-0.2, -0.15) is 4.98 Å². The Morgan fingerprint density at radius 3 is 2.62 bits per heavy atom. The summed E-state index contributed by atoms with van der Waals surface area (Å²) in [5.41, 5.74) is 2.91. The van der Waals surface area contributed by atoms with Crippen LogP contribution in [0.15, 0.2) is 24.5 Å². The second kappa shape index (κ2) is 8.94. The van der Waals surface area contributed by atoms with Crippen molar-refractivity contribution in [1.82, 2.24) is 15.0 Å². The molecule has 0 spiro atoms. The highest BCUT2D eigenvalue weighted by molar-refractivity contribution is 5.72. The third-order valence-corrected chi connectivity index (χ3v) is 4.83. The fraction of sp³-hybridized carbons (Fsp3) is 0.550. The van der Waals surface area contributed by atoms with Crippen LogP contribution in [0.5, 0.6) is 0 Å². The molecule has 0 aromatic carbocycles. The summed E-state index contributed by atoms with van der Waals surface area (Å²) in [6.45, 7) is 5.06. The lowest BCUT2D eigenvalue weighted by molar-refractivity contribution is 0.126. The van der Waals surface area contributed by atoms with Crippen molar-refractivity contribution in [1.29, 1.82) is 0 Å². The maximum Gasteiger partial charge on any atom is 0.224 e. The largest absolute Gasteiger partial charge is 0.393 e. The van der Waals surface area contributed by atoms with Crippen molar-refractivity contribution in [3.05, 3.63) is 30.1 Å². The zero-order valence-electron chi connectivity index (χ0n) is 15.7. The minimum absolute atomic E-state index is 0.164. The molecule has 6 heteroatoms. The topological polar surface area (TPSA) is 83.0 Å². The van der Waals surface area contributed by atoms with E-state index in [0.717, 1.165) is 67.7 Å². The third-order valence-electron chi connectivity index (χ3n) is 4.83. The predicted octanol–water partition coefficient (Wildman–Crippen LogP) is 3.77. The molecule has 0 radical (unpaired) electrons. The Hall–Kier alpha value is -2.21. The SMILES string of the molecule is CCCCNc1ncc(-c2ccc(C)cn2)c(NC2CCC(O)CC2)n1. The van der Waals surface area contributed by atoms with Crippen LogP contribution in [0.25, 0.3) is 11.3 Å². The number of unbranched alkanes of at least 4 members (excludes halogenated alkanes) is 1. The summed E-state index contributed by atoms with van der Waals surface area (Å²) in [6, 6.07) is 4.38. The monoisotopic (exact) mass is 355 g/mol. The highest BCUT2D eigenvalue weighted by atomic mass is 16.3. The van der Waals surface area contributed by atoms with E-state index in [2.05, 4.69) is 33.6 Å². The second-order valence-electron chi connectivity index (χ2n) is 7.11. The lowest BCUT2D eigenvalue weighted by Gasteiger charge is -2.27. The van der Waals surface area contributed by atoms with Gasteiger partial charge in [0.2, 0.25) is 5.95 Å². The molecule has 2 aromatic heterocycles. The Labute approximate surface area is 155 Å². The number of hydrogen-bond donors (Lipinski definition) is 3. The van der Waals surface area contributed by atoms with Crippen molar-refractivity contribution < 1.29 is 5.11 Å². The molecule has 2 aromatic rings. The van der Waals surface area contributed by atoms with Crippen LogP contribution in [-0.2, 0) is 0 Å². The lowest BCUT2D eigenvalue weighted by Crippen LogP contribution is -2.29. The first kappa shape index (κ1) is 18.6. The van der Waals surface area contributed by atoms with Crippen molar-refractivity contribution >= 4 is 11.8 Å². The van der Waals surface area contributed by atoms with Crippen molar-refractivity contribution in [2.75, 3.05) is 17.2 Å². The third kappa shape index (κ3) is 4.91. The van der Waals surface area contributed by atoms with Gasteiger partial charge in [-0.1, -0.05) is 19.4 Å². The van der Waals surface area contributed by atoms with E-state index in [1.165, 1.54) is 0 Å². The second-order valence-corrected chi connectivity index (χ2v) is 7.11. The van der Waals surface area contributed by atoms with Crippen LogP contribution >= 0.6 is 0 Å². The van der Waals surface area contributed by atoms with Gasteiger partial charge in [-0.15, -0.1) is 0 Å². The Balaban J connectivity index is 1.83. The maximum absolute atomic E-state index is 9.74. The highest BCUT2D eigenvalue weighted by Crippen LogP contribution is 2.28. The van der Waals surface area contributed by atoms with Gasteiger partial charge in [0, 0.05) is 25.0 Å². The molecule has 3 rings (SSSR count). The molecule has 0 amide bonds. The summed E-state index contributed by atoms with van der Waals surface area (Å²) < 4.78 is 0. The number of aryl methyl sites for hydroxylation is 1. The van der Waals surface area contributed by atoms with E-state index in [9.17, 15) is 5.11 Å². The number of aliphatic hydroxyl groups is 1. The van der Waals surface area contributed by atoms with Gasteiger partial charge in [-0.25, -0.2) is 4.98 Å². The minimum atomic E-state index is -0.164. The first-order chi connectivity index (χ1) is 12.7. The molecule has 1 aliphatic rings. The first-order valence-corrected chi connectivity index (χ1v) is 9.64.